The van der Waals surface area contributed by atoms with Gasteiger partial charge in [0.2, 0.25) is 13.3 Å². The van der Waals surface area contributed by atoms with Crippen molar-refractivity contribution < 1.29 is 0 Å². The Kier molecular flexibility index (Phi) is 6.68. The number of anilines is 4. The molecule has 6 aromatic rings. The van der Waals surface area contributed by atoms with Crippen LogP contribution in [-0.2, 0) is 0 Å². The summed E-state index contributed by atoms with van der Waals surface area (Å²) in [6.07, 6.45) is 3.48. The Morgan fingerprint density at radius 1 is 0.421 bits per heavy atom. The third-order valence-corrected chi connectivity index (χ3v) is 6.21. The zero-order valence-electron chi connectivity index (χ0n) is 20.4. The number of rotatable bonds is 9. The van der Waals surface area contributed by atoms with Gasteiger partial charge in [-0.05, 0) is 57.9 Å². The van der Waals surface area contributed by atoms with Gasteiger partial charge in [0.1, 0.15) is 11.6 Å². The van der Waals surface area contributed by atoms with Crippen LogP contribution in [0.5, 0.6) is 0 Å². The van der Waals surface area contributed by atoms with Crippen LogP contribution >= 0.6 is 0 Å². The van der Waals surface area contributed by atoms with E-state index < -0.39 is 0 Å². The zero-order chi connectivity index (χ0) is 25.6. The van der Waals surface area contributed by atoms with E-state index in [1.54, 1.807) is 12.4 Å². The van der Waals surface area contributed by atoms with Crippen LogP contribution in [-0.4, -0.2) is 9.97 Å². The largest absolute Gasteiger partial charge is 0.355 e. The molecule has 182 valence electrons. The van der Waals surface area contributed by atoms with Crippen molar-refractivity contribution in [1.29, 1.82) is 0 Å². The predicted octanol–water partition coefficient (Wildman–Crippen LogP) is 7.49. The monoisotopic (exact) mass is 492 g/mol. The Bertz CT molecular complexity index is 1540. The van der Waals surface area contributed by atoms with E-state index in [9.17, 15) is 0 Å². The fourth-order valence-corrected chi connectivity index (χ4v) is 4.49. The molecule has 38 heavy (non-hydrogen) atoms. The van der Waals surface area contributed by atoms with E-state index in [0.717, 1.165) is 44.0 Å². The standard InChI is InChI=1S/C32H24N6/c1-3-11-25-23(9-1)15-17-27(35-21-37-29-13-5-7-19-33-29)31(25)32-26-12-4-2-10-24(26)16-18-28(32)36-22-38-30-14-6-8-20-34-30/h1-20,35-36H,(H,33,37)(H,34,38). The molecule has 0 aliphatic heterocycles. The summed E-state index contributed by atoms with van der Waals surface area (Å²) >= 11 is 0. The quantitative estimate of drug-likeness (QED) is 0.157. The number of benzene rings is 4. The van der Waals surface area contributed by atoms with Gasteiger partial charge in [0.25, 0.3) is 0 Å². The molecule has 0 unspecified atom stereocenters. The van der Waals surface area contributed by atoms with Crippen LogP contribution in [0.1, 0.15) is 0 Å². The molecule has 2 aromatic heterocycles. The maximum Gasteiger partial charge on any atom is 0.204 e. The molecule has 0 fully saturated rings. The van der Waals surface area contributed by atoms with Crippen molar-refractivity contribution >= 4 is 44.6 Å². The molecule has 6 heteroatoms. The third-order valence-electron chi connectivity index (χ3n) is 6.21. The number of nitrogens with one attached hydrogen (secondary N) is 4. The summed E-state index contributed by atoms with van der Waals surface area (Å²) in [5, 5.41) is 17.4. The Morgan fingerprint density at radius 3 is 1.32 bits per heavy atom. The lowest BCUT2D eigenvalue weighted by molar-refractivity contribution is 1.26. The summed E-state index contributed by atoms with van der Waals surface area (Å²) in [5.74, 6) is 1.42. The lowest BCUT2D eigenvalue weighted by Gasteiger charge is -2.20. The van der Waals surface area contributed by atoms with Gasteiger partial charge >= 0.3 is 0 Å². The normalized spacial score (nSPS) is 10.8. The van der Waals surface area contributed by atoms with Crippen molar-refractivity contribution in [3.63, 3.8) is 0 Å². The molecule has 0 bridgehead atoms. The van der Waals surface area contributed by atoms with E-state index >= 15 is 0 Å². The molecule has 6 rings (SSSR count). The first-order valence-corrected chi connectivity index (χ1v) is 12.3. The Balaban J connectivity index is 1.43. The van der Waals surface area contributed by atoms with Gasteiger partial charge in [0.05, 0.1) is 0 Å². The molecule has 4 radical (unpaired) electrons. The van der Waals surface area contributed by atoms with Crippen LogP contribution in [0.3, 0.4) is 0 Å². The first kappa shape index (κ1) is 23.3. The summed E-state index contributed by atoms with van der Waals surface area (Å²) in [6, 6.07) is 36.6. The second-order valence-corrected chi connectivity index (χ2v) is 8.60. The summed E-state index contributed by atoms with van der Waals surface area (Å²) in [5.41, 5.74) is 3.92. The minimum Gasteiger partial charge on any atom is -0.355 e. The maximum absolute atomic E-state index is 4.31. The number of aromatic nitrogens is 2. The Labute approximate surface area is 221 Å². The Morgan fingerprint density at radius 2 is 0.868 bits per heavy atom. The van der Waals surface area contributed by atoms with E-state index in [1.807, 2.05) is 36.4 Å². The second-order valence-electron chi connectivity index (χ2n) is 8.60. The van der Waals surface area contributed by atoms with Gasteiger partial charge in [-0.25, -0.2) is 9.97 Å². The molecule has 0 aliphatic rings. The molecule has 0 amide bonds. The fraction of sp³-hybridized carbons (Fsp3) is 0. The van der Waals surface area contributed by atoms with Gasteiger partial charge in [-0.2, -0.15) is 0 Å². The van der Waals surface area contributed by atoms with E-state index in [4.69, 9.17) is 0 Å². The molecule has 6 nitrogen and oxygen atoms in total. The van der Waals surface area contributed by atoms with E-state index in [2.05, 4.69) is 117 Å². The van der Waals surface area contributed by atoms with Crippen molar-refractivity contribution in [2.45, 2.75) is 0 Å². The highest BCUT2D eigenvalue weighted by Gasteiger charge is 2.17. The van der Waals surface area contributed by atoms with E-state index in [-0.39, 0.29) is 0 Å². The van der Waals surface area contributed by atoms with Gasteiger partial charge in [0.15, 0.2) is 0 Å². The summed E-state index contributed by atoms with van der Waals surface area (Å²) in [7, 11) is 0. The molecule has 4 N–H and O–H groups in total. The molecular weight excluding hydrogens is 468 g/mol. The molecule has 2 heterocycles. The second kappa shape index (κ2) is 10.9. The lowest BCUT2D eigenvalue weighted by atomic mass is 9.91. The highest BCUT2D eigenvalue weighted by atomic mass is 15.1. The van der Waals surface area contributed by atoms with Crippen LogP contribution in [0, 0.1) is 13.3 Å². The summed E-state index contributed by atoms with van der Waals surface area (Å²) < 4.78 is 0. The highest BCUT2D eigenvalue weighted by Crippen LogP contribution is 2.43. The smallest absolute Gasteiger partial charge is 0.204 e. The van der Waals surface area contributed by atoms with Crippen molar-refractivity contribution in [2.75, 3.05) is 21.3 Å². The first-order chi connectivity index (χ1) is 18.9. The SMILES string of the molecule is [C](Nc1ccccn1)Nc1ccc2ccccc2c1-c1c(N[C]Nc2ccccn2)ccc2ccccc12. The molecule has 0 saturated heterocycles. The molecule has 4 aromatic carbocycles. The molecule has 0 atom stereocenters. The van der Waals surface area contributed by atoms with Crippen molar-refractivity contribution in [3.8, 4) is 11.1 Å². The van der Waals surface area contributed by atoms with Crippen LogP contribution in [0.25, 0.3) is 32.7 Å². The third kappa shape index (κ3) is 4.92. The first-order valence-electron chi connectivity index (χ1n) is 12.3. The topological polar surface area (TPSA) is 73.9 Å². The van der Waals surface area contributed by atoms with Crippen LogP contribution in [0.2, 0.25) is 0 Å². The van der Waals surface area contributed by atoms with Gasteiger partial charge < -0.3 is 21.3 Å². The minimum absolute atomic E-state index is 0.708. The van der Waals surface area contributed by atoms with Crippen LogP contribution in [0.15, 0.2) is 122 Å². The van der Waals surface area contributed by atoms with Gasteiger partial charge in [-0.1, -0.05) is 72.8 Å². The van der Waals surface area contributed by atoms with Crippen LogP contribution in [0.4, 0.5) is 23.0 Å². The number of hydrogen-bond acceptors (Lipinski definition) is 6. The summed E-state index contributed by atoms with van der Waals surface area (Å²) in [4.78, 5) is 8.62. The molecule has 0 saturated carbocycles. The zero-order valence-corrected chi connectivity index (χ0v) is 20.4. The predicted molar refractivity (Wildman–Crippen MR) is 156 cm³/mol. The maximum atomic E-state index is 4.31. The molecule has 0 aliphatic carbocycles. The fourth-order valence-electron chi connectivity index (χ4n) is 4.49. The highest BCUT2D eigenvalue weighted by molar-refractivity contribution is 6.13. The van der Waals surface area contributed by atoms with Gasteiger partial charge in [-0.15, -0.1) is 0 Å². The van der Waals surface area contributed by atoms with Crippen molar-refractivity contribution in [2.24, 2.45) is 0 Å². The average molecular weight is 493 g/mol. The Hall–Kier alpha value is -5.10. The van der Waals surface area contributed by atoms with Crippen LogP contribution < -0.4 is 21.3 Å². The van der Waals surface area contributed by atoms with E-state index in [0.29, 0.717) is 11.6 Å². The molecule has 0 spiro atoms. The number of hydrogen-bond donors (Lipinski definition) is 4. The number of pyridine rings is 2. The van der Waals surface area contributed by atoms with Crippen molar-refractivity contribution in [3.05, 3.63) is 135 Å². The molecular formula is C32H24N6. The van der Waals surface area contributed by atoms with Crippen molar-refractivity contribution in [1.82, 2.24) is 9.97 Å². The number of nitrogens with zero attached hydrogens (tertiary/aromatic N) is 2. The van der Waals surface area contributed by atoms with Gasteiger partial charge in [0, 0.05) is 34.9 Å². The van der Waals surface area contributed by atoms with E-state index in [1.165, 1.54) is 0 Å². The van der Waals surface area contributed by atoms with Gasteiger partial charge in [-0.3, -0.25) is 0 Å². The lowest BCUT2D eigenvalue weighted by Crippen LogP contribution is -2.09. The summed E-state index contributed by atoms with van der Waals surface area (Å²) in [6.45, 7) is 6.21. The minimum atomic E-state index is 0.708. The average Bonchev–Trinajstić information content (AvgIpc) is 2.98. The number of fused-ring (bicyclic) bond motifs is 2.